The van der Waals surface area contributed by atoms with Crippen LogP contribution < -0.4 is 5.43 Å². The van der Waals surface area contributed by atoms with E-state index in [0.29, 0.717) is 0 Å². The summed E-state index contributed by atoms with van der Waals surface area (Å²) in [7, 11) is 0. The molecule has 1 aromatic heterocycles. The van der Waals surface area contributed by atoms with Crippen LogP contribution in [0.4, 0.5) is 0 Å². The normalized spacial score (nSPS) is 32.4. The Bertz CT molecular complexity index is 499. The Kier molecular flexibility index (Phi) is 3.40. The monoisotopic (exact) mass is 257 g/mol. The number of pyridine rings is 1. The van der Waals surface area contributed by atoms with Crippen LogP contribution in [0, 0.1) is 6.92 Å². The first-order valence-corrected chi connectivity index (χ1v) is 5.50. The standard InChI is InChI=1S/C11H15NO6/c1-5-8(15)6(13)2-3-12(5)11-10(17)9(16)7(14)4-18-11/h2-3,7,9-11,14-17H,4H2,1H3/t7-,9-,10-,11-/m1/s1. The lowest BCUT2D eigenvalue weighted by Crippen LogP contribution is -2.50. The van der Waals surface area contributed by atoms with Gasteiger partial charge in [0.2, 0.25) is 5.43 Å². The zero-order valence-electron chi connectivity index (χ0n) is 9.72. The van der Waals surface area contributed by atoms with Gasteiger partial charge in [-0.2, -0.15) is 0 Å². The molecule has 0 bridgehead atoms. The lowest BCUT2D eigenvalue weighted by Gasteiger charge is -2.37. The number of hydrogen-bond donors (Lipinski definition) is 4. The number of aromatic nitrogens is 1. The number of nitrogens with zero attached hydrogens (tertiary/aromatic N) is 1. The number of aliphatic hydroxyl groups is 3. The summed E-state index contributed by atoms with van der Waals surface area (Å²) in [5, 5.41) is 38.3. The van der Waals surface area contributed by atoms with Crippen LogP contribution in [0.5, 0.6) is 5.75 Å². The SMILES string of the molecule is Cc1c(O)c(=O)ccn1[C@@H]1OC[C@@H](O)[C@@H](O)[C@H]1O. The van der Waals surface area contributed by atoms with E-state index < -0.39 is 35.7 Å². The van der Waals surface area contributed by atoms with Gasteiger partial charge in [-0.05, 0) is 6.92 Å². The third-order valence-corrected chi connectivity index (χ3v) is 3.10. The molecule has 0 aliphatic carbocycles. The molecular formula is C11H15NO6. The highest BCUT2D eigenvalue weighted by Gasteiger charge is 2.38. The Hall–Kier alpha value is -1.41. The summed E-state index contributed by atoms with van der Waals surface area (Å²) >= 11 is 0. The minimum atomic E-state index is -1.35. The number of aromatic hydroxyl groups is 1. The van der Waals surface area contributed by atoms with Gasteiger partial charge in [0.1, 0.15) is 18.3 Å². The van der Waals surface area contributed by atoms with Gasteiger partial charge in [0.15, 0.2) is 12.0 Å². The number of aliphatic hydroxyl groups excluding tert-OH is 3. The van der Waals surface area contributed by atoms with Gasteiger partial charge in [0.05, 0.1) is 12.3 Å². The van der Waals surface area contributed by atoms with Crippen molar-refractivity contribution < 1.29 is 25.2 Å². The first-order chi connectivity index (χ1) is 8.43. The summed E-state index contributed by atoms with van der Waals surface area (Å²) < 4.78 is 6.57. The third kappa shape index (κ3) is 2.01. The van der Waals surface area contributed by atoms with E-state index in [9.17, 15) is 25.2 Å². The highest BCUT2D eigenvalue weighted by Crippen LogP contribution is 2.26. The molecule has 1 fully saturated rings. The van der Waals surface area contributed by atoms with Crippen LogP contribution in [0.15, 0.2) is 17.1 Å². The van der Waals surface area contributed by atoms with E-state index in [1.54, 1.807) is 0 Å². The smallest absolute Gasteiger partial charge is 0.223 e. The van der Waals surface area contributed by atoms with Gasteiger partial charge < -0.3 is 29.7 Å². The third-order valence-electron chi connectivity index (χ3n) is 3.10. The lowest BCUT2D eigenvalue weighted by atomic mass is 10.0. The van der Waals surface area contributed by atoms with Crippen molar-refractivity contribution in [3.8, 4) is 5.75 Å². The first-order valence-electron chi connectivity index (χ1n) is 5.50. The molecule has 4 N–H and O–H groups in total. The van der Waals surface area contributed by atoms with E-state index in [-0.39, 0.29) is 12.3 Å². The molecular weight excluding hydrogens is 242 g/mol. The molecule has 2 heterocycles. The van der Waals surface area contributed by atoms with Gasteiger partial charge in [-0.1, -0.05) is 0 Å². The van der Waals surface area contributed by atoms with E-state index >= 15 is 0 Å². The van der Waals surface area contributed by atoms with Crippen molar-refractivity contribution in [2.24, 2.45) is 0 Å². The molecule has 0 amide bonds. The fourth-order valence-electron chi connectivity index (χ4n) is 1.95. The summed E-state index contributed by atoms with van der Waals surface area (Å²) in [5.74, 6) is -0.436. The molecule has 0 aromatic carbocycles. The second kappa shape index (κ2) is 4.69. The first kappa shape index (κ1) is 13.0. The highest BCUT2D eigenvalue weighted by atomic mass is 16.5. The minimum absolute atomic E-state index is 0.144. The molecule has 1 saturated heterocycles. The number of ether oxygens (including phenoxy) is 1. The fourth-order valence-corrected chi connectivity index (χ4v) is 1.95. The maximum atomic E-state index is 11.2. The second-order valence-electron chi connectivity index (χ2n) is 4.29. The molecule has 1 aliphatic rings. The zero-order chi connectivity index (χ0) is 13.4. The summed E-state index contributed by atoms with van der Waals surface area (Å²) in [4.78, 5) is 11.2. The van der Waals surface area contributed by atoms with Crippen LogP contribution in [0.1, 0.15) is 11.9 Å². The Morgan fingerprint density at radius 3 is 2.67 bits per heavy atom. The molecule has 0 unspecified atom stereocenters. The molecule has 7 heteroatoms. The largest absolute Gasteiger partial charge is 0.503 e. The number of hydrogen-bond acceptors (Lipinski definition) is 6. The number of rotatable bonds is 1. The van der Waals surface area contributed by atoms with Gasteiger partial charge in [-0.3, -0.25) is 4.79 Å². The van der Waals surface area contributed by atoms with Crippen LogP contribution in [0.2, 0.25) is 0 Å². The molecule has 0 saturated carbocycles. The van der Waals surface area contributed by atoms with E-state index in [0.717, 1.165) is 6.07 Å². The molecule has 0 radical (unpaired) electrons. The van der Waals surface area contributed by atoms with Crippen molar-refractivity contribution in [3.63, 3.8) is 0 Å². The average Bonchev–Trinajstić information content (AvgIpc) is 2.35. The molecule has 0 spiro atoms. The summed E-state index contributed by atoms with van der Waals surface area (Å²) in [5.41, 5.74) is -0.315. The molecule has 7 nitrogen and oxygen atoms in total. The van der Waals surface area contributed by atoms with Crippen LogP contribution in [-0.2, 0) is 4.74 Å². The van der Waals surface area contributed by atoms with Crippen LogP contribution >= 0.6 is 0 Å². The minimum Gasteiger partial charge on any atom is -0.503 e. The predicted octanol–water partition coefficient (Wildman–Crippen LogP) is -1.53. The second-order valence-corrected chi connectivity index (χ2v) is 4.29. The van der Waals surface area contributed by atoms with Crippen LogP contribution in [0.25, 0.3) is 0 Å². The topological polar surface area (TPSA) is 112 Å². The molecule has 1 aromatic rings. The van der Waals surface area contributed by atoms with E-state index in [4.69, 9.17) is 4.74 Å². The lowest BCUT2D eigenvalue weighted by molar-refractivity contribution is -0.211. The van der Waals surface area contributed by atoms with Crippen molar-refractivity contribution in [2.45, 2.75) is 31.5 Å². The van der Waals surface area contributed by atoms with E-state index in [1.807, 2.05) is 0 Å². The molecule has 1 aliphatic heterocycles. The van der Waals surface area contributed by atoms with Gasteiger partial charge in [0.25, 0.3) is 0 Å². The Labute approximate surface area is 102 Å². The van der Waals surface area contributed by atoms with Crippen molar-refractivity contribution in [3.05, 3.63) is 28.2 Å². The maximum Gasteiger partial charge on any atom is 0.223 e. The predicted molar refractivity (Wildman–Crippen MR) is 60.1 cm³/mol. The summed E-state index contributed by atoms with van der Waals surface area (Å²) in [6.45, 7) is 1.35. The van der Waals surface area contributed by atoms with Crippen molar-refractivity contribution in [1.82, 2.24) is 4.57 Å². The van der Waals surface area contributed by atoms with Crippen molar-refractivity contribution in [1.29, 1.82) is 0 Å². The highest BCUT2D eigenvalue weighted by molar-refractivity contribution is 5.25. The quantitative estimate of drug-likeness (QED) is 0.486. The van der Waals surface area contributed by atoms with E-state index in [2.05, 4.69) is 0 Å². The maximum absolute atomic E-state index is 11.2. The Morgan fingerprint density at radius 1 is 1.33 bits per heavy atom. The van der Waals surface area contributed by atoms with E-state index in [1.165, 1.54) is 17.7 Å². The van der Waals surface area contributed by atoms with Gasteiger partial charge in [-0.15, -0.1) is 0 Å². The molecule has 4 atom stereocenters. The average molecular weight is 257 g/mol. The van der Waals surface area contributed by atoms with Crippen molar-refractivity contribution >= 4 is 0 Å². The fraction of sp³-hybridized carbons (Fsp3) is 0.545. The van der Waals surface area contributed by atoms with Gasteiger partial charge >= 0.3 is 0 Å². The summed E-state index contributed by atoms with van der Waals surface area (Å²) in [6, 6.07) is 1.13. The zero-order valence-corrected chi connectivity index (χ0v) is 9.72. The molecule has 2 rings (SSSR count). The summed E-state index contributed by atoms with van der Waals surface area (Å²) in [6.07, 6.45) is -3.46. The Balaban J connectivity index is 2.38. The van der Waals surface area contributed by atoms with Crippen LogP contribution in [0.3, 0.4) is 0 Å². The van der Waals surface area contributed by atoms with Crippen LogP contribution in [-0.4, -0.2) is 49.9 Å². The Morgan fingerprint density at radius 2 is 2.00 bits per heavy atom. The molecule has 18 heavy (non-hydrogen) atoms. The van der Waals surface area contributed by atoms with Crippen molar-refractivity contribution in [2.75, 3.05) is 6.61 Å². The van der Waals surface area contributed by atoms with Gasteiger partial charge in [-0.25, -0.2) is 0 Å². The molecule has 100 valence electrons. The van der Waals surface area contributed by atoms with Gasteiger partial charge in [0, 0.05) is 12.3 Å².